The minimum Gasteiger partial charge on any atom is -0.472 e. The van der Waals surface area contributed by atoms with Crippen LogP contribution < -0.4 is 4.74 Å². The smallest absolute Gasteiger partial charge is 0.417 e. The van der Waals surface area contributed by atoms with Gasteiger partial charge in [-0.05, 0) is 56.0 Å². The van der Waals surface area contributed by atoms with E-state index in [2.05, 4.69) is 15.0 Å². The largest absolute Gasteiger partial charge is 0.472 e. The number of carbonyl (C=O) groups excluding carboxylic acids is 1. The van der Waals surface area contributed by atoms with Crippen LogP contribution in [0.25, 0.3) is 11.3 Å². The maximum atomic E-state index is 14.5. The Bertz CT molecular complexity index is 1330. The zero-order chi connectivity index (χ0) is 24.5. The Morgan fingerprint density at radius 3 is 2.69 bits per heavy atom. The molecule has 6 rings (SSSR count). The standard InChI is InChI=1S/C25H20F4N4O2/c1-13-4-6-16(20-17(26)3-2-8-30-20)21(32-13)23(34)33-12-15-9-24(15)10-18(22(24)33)35-19-7-5-14(11-31-19)25(27,28)29/h2-8,11,15,18,22H,9-10,12H2,1H3. The van der Waals surface area contributed by atoms with E-state index in [-0.39, 0.29) is 34.6 Å². The highest BCUT2D eigenvalue weighted by Gasteiger charge is 2.76. The molecule has 2 saturated carbocycles. The summed E-state index contributed by atoms with van der Waals surface area (Å²) in [6.45, 7) is 2.29. The van der Waals surface area contributed by atoms with Crippen molar-refractivity contribution in [2.24, 2.45) is 11.3 Å². The Balaban J connectivity index is 1.28. The molecule has 3 aromatic heterocycles. The molecule has 1 spiro atoms. The third-order valence-electron chi connectivity index (χ3n) is 7.40. The van der Waals surface area contributed by atoms with Crippen LogP contribution in [-0.4, -0.2) is 44.4 Å². The second-order valence-corrected chi connectivity index (χ2v) is 9.46. The van der Waals surface area contributed by atoms with Crippen molar-refractivity contribution >= 4 is 5.91 Å². The molecule has 0 N–H and O–H groups in total. The molecule has 4 atom stereocenters. The zero-order valence-electron chi connectivity index (χ0n) is 18.6. The van der Waals surface area contributed by atoms with Gasteiger partial charge in [-0.2, -0.15) is 13.2 Å². The number of aryl methyl sites for hydroxylation is 1. The van der Waals surface area contributed by atoms with Crippen LogP contribution in [0.3, 0.4) is 0 Å². The number of hydrogen-bond acceptors (Lipinski definition) is 5. The van der Waals surface area contributed by atoms with Crippen LogP contribution in [0.2, 0.25) is 0 Å². The summed E-state index contributed by atoms with van der Waals surface area (Å²) in [5.74, 6) is -0.457. The molecule has 0 radical (unpaired) electrons. The minimum atomic E-state index is -4.48. The van der Waals surface area contributed by atoms with E-state index in [1.54, 1.807) is 24.0 Å². The number of aromatic nitrogens is 3. The van der Waals surface area contributed by atoms with Gasteiger partial charge in [-0.15, -0.1) is 0 Å². The van der Waals surface area contributed by atoms with Crippen molar-refractivity contribution in [1.82, 2.24) is 19.9 Å². The molecular formula is C25H20F4N4O2. The highest BCUT2D eigenvalue weighted by Crippen LogP contribution is 2.71. The summed E-state index contributed by atoms with van der Waals surface area (Å²) >= 11 is 0. The van der Waals surface area contributed by atoms with E-state index < -0.39 is 23.7 Å². The van der Waals surface area contributed by atoms with E-state index in [9.17, 15) is 22.4 Å². The monoisotopic (exact) mass is 484 g/mol. The Hall–Kier alpha value is -3.56. The first kappa shape index (κ1) is 21.9. The summed E-state index contributed by atoms with van der Waals surface area (Å²) < 4.78 is 59.0. The lowest BCUT2D eigenvalue weighted by atomic mass is 9.73. The third-order valence-corrected chi connectivity index (χ3v) is 7.40. The van der Waals surface area contributed by atoms with Crippen molar-refractivity contribution in [3.05, 3.63) is 71.6 Å². The van der Waals surface area contributed by atoms with Crippen LogP contribution in [0.5, 0.6) is 5.88 Å². The lowest BCUT2D eigenvalue weighted by Gasteiger charge is -2.46. The van der Waals surface area contributed by atoms with E-state index >= 15 is 0 Å². The van der Waals surface area contributed by atoms with Gasteiger partial charge in [-0.1, -0.05) is 0 Å². The van der Waals surface area contributed by atoms with Crippen LogP contribution >= 0.6 is 0 Å². The summed E-state index contributed by atoms with van der Waals surface area (Å²) in [5.41, 5.74) is 0.217. The van der Waals surface area contributed by atoms with E-state index in [4.69, 9.17) is 4.74 Å². The van der Waals surface area contributed by atoms with Crippen LogP contribution in [-0.2, 0) is 6.18 Å². The van der Waals surface area contributed by atoms with Crippen LogP contribution in [0.15, 0.2) is 48.8 Å². The number of rotatable bonds is 4. The number of likely N-dealkylation sites (tertiary alicyclic amines) is 1. The summed E-state index contributed by atoms with van der Waals surface area (Å²) in [7, 11) is 0. The number of amides is 1. The molecular weight excluding hydrogens is 464 g/mol. The fraction of sp³-hybridized carbons (Fsp3) is 0.360. The first-order valence-electron chi connectivity index (χ1n) is 11.3. The quantitative estimate of drug-likeness (QED) is 0.503. The maximum Gasteiger partial charge on any atom is 0.417 e. The van der Waals surface area contributed by atoms with Gasteiger partial charge in [0.1, 0.15) is 23.3 Å². The highest BCUT2D eigenvalue weighted by atomic mass is 19.4. The molecule has 1 aliphatic heterocycles. The number of halogens is 4. The third kappa shape index (κ3) is 3.45. The first-order chi connectivity index (χ1) is 16.7. The van der Waals surface area contributed by atoms with E-state index in [0.717, 1.165) is 18.7 Å². The van der Waals surface area contributed by atoms with Crippen molar-refractivity contribution in [2.75, 3.05) is 6.54 Å². The topological polar surface area (TPSA) is 68.2 Å². The number of ether oxygens (including phenoxy) is 1. The van der Waals surface area contributed by atoms with E-state index in [0.29, 0.717) is 30.1 Å². The van der Waals surface area contributed by atoms with Crippen molar-refractivity contribution in [2.45, 2.75) is 38.1 Å². The van der Waals surface area contributed by atoms with E-state index in [1.165, 1.54) is 24.4 Å². The fourth-order valence-electron chi connectivity index (χ4n) is 5.66. The molecule has 1 saturated heterocycles. The predicted octanol–water partition coefficient (Wildman–Crippen LogP) is 4.69. The number of hydrogen-bond donors (Lipinski definition) is 0. The van der Waals surface area contributed by atoms with Crippen molar-refractivity contribution in [3.63, 3.8) is 0 Å². The van der Waals surface area contributed by atoms with Gasteiger partial charge in [0, 0.05) is 41.7 Å². The van der Waals surface area contributed by atoms with Gasteiger partial charge in [0.2, 0.25) is 5.88 Å². The molecule has 6 nitrogen and oxygen atoms in total. The van der Waals surface area contributed by atoms with Crippen LogP contribution in [0.1, 0.15) is 34.6 Å². The van der Waals surface area contributed by atoms with Crippen molar-refractivity contribution < 1.29 is 27.1 Å². The van der Waals surface area contributed by atoms with Crippen LogP contribution in [0.4, 0.5) is 17.6 Å². The molecule has 10 heteroatoms. The van der Waals surface area contributed by atoms with Gasteiger partial charge in [0.05, 0.1) is 11.6 Å². The number of alkyl halides is 3. The Morgan fingerprint density at radius 1 is 1.14 bits per heavy atom. The molecule has 3 aliphatic rings. The Morgan fingerprint density at radius 2 is 1.97 bits per heavy atom. The number of piperidine rings is 1. The molecule has 0 bridgehead atoms. The van der Waals surface area contributed by atoms with Crippen LogP contribution in [0, 0.1) is 24.1 Å². The second kappa shape index (κ2) is 7.47. The predicted molar refractivity (Wildman–Crippen MR) is 116 cm³/mol. The first-order valence-corrected chi connectivity index (χ1v) is 11.3. The molecule has 3 fully saturated rings. The highest BCUT2D eigenvalue weighted by molar-refractivity contribution is 5.99. The minimum absolute atomic E-state index is 0.0352. The van der Waals surface area contributed by atoms with Crippen molar-refractivity contribution in [3.8, 4) is 17.1 Å². The van der Waals surface area contributed by atoms with Gasteiger partial charge < -0.3 is 9.64 Å². The SMILES string of the molecule is Cc1ccc(-c2ncccc2F)c(C(=O)N2CC3CC34CC(Oc3ccc(C(F)(F)F)cn3)C24)n1. The normalized spacial score (nSPS) is 26.5. The lowest BCUT2D eigenvalue weighted by Crippen LogP contribution is -2.59. The Labute approximate surface area is 198 Å². The van der Waals surface area contributed by atoms with Gasteiger partial charge in [0.15, 0.2) is 0 Å². The summed E-state index contributed by atoms with van der Waals surface area (Å²) in [5, 5.41) is 0. The molecule has 35 heavy (non-hydrogen) atoms. The molecule has 2 aliphatic carbocycles. The van der Waals surface area contributed by atoms with E-state index in [1.807, 2.05) is 0 Å². The molecule has 3 aromatic rings. The van der Waals surface area contributed by atoms with Gasteiger partial charge in [-0.25, -0.2) is 14.4 Å². The fourth-order valence-corrected chi connectivity index (χ4v) is 5.66. The number of carbonyl (C=O) groups is 1. The van der Waals surface area contributed by atoms with Gasteiger partial charge in [0.25, 0.3) is 5.91 Å². The zero-order valence-corrected chi connectivity index (χ0v) is 18.6. The molecule has 180 valence electrons. The molecule has 4 heterocycles. The average Bonchev–Trinajstić information content (AvgIpc) is 3.47. The number of nitrogens with zero attached hydrogens (tertiary/aromatic N) is 4. The molecule has 4 unspecified atom stereocenters. The second-order valence-electron chi connectivity index (χ2n) is 9.46. The summed E-state index contributed by atoms with van der Waals surface area (Å²) in [6, 6.07) is 7.99. The molecule has 1 amide bonds. The van der Waals surface area contributed by atoms with Crippen molar-refractivity contribution in [1.29, 1.82) is 0 Å². The van der Waals surface area contributed by atoms with Gasteiger partial charge in [-0.3, -0.25) is 9.78 Å². The lowest BCUT2D eigenvalue weighted by molar-refractivity contribution is -0.137. The average molecular weight is 484 g/mol. The molecule has 0 aromatic carbocycles. The van der Waals surface area contributed by atoms with Gasteiger partial charge >= 0.3 is 6.18 Å². The maximum absolute atomic E-state index is 14.5. The Kier molecular flexibility index (Phi) is 4.68. The number of pyridine rings is 3. The summed E-state index contributed by atoms with van der Waals surface area (Å²) in [4.78, 5) is 27.8. The summed E-state index contributed by atoms with van der Waals surface area (Å²) in [6.07, 6.45) is -0.989.